The standard InChI is InChI=1S/C8H16F2S2/c1-5(2)7(8(9)10)12-11-6(3)4/h5-8H,1-4H3/t7-/m0/s1. The minimum Gasteiger partial charge on any atom is -0.209 e. The van der Waals surface area contributed by atoms with E-state index in [2.05, 4.69) is 0 Å². The lowest BCUT2D eigenvalue weighted by molar-refractivity contribution is 0.130. The Balaban J connectivity index is 3.80. The summed E-state index contributed by atoms with van der Waals surface area (Å²) in [5.74, 6) is 0.0428. The first-order chi connectivity index (χ1) is 5.45. The van der Waals surface area contributed by atoms with Crippen LogP contribution in [0.15, 0.2) is 0 Å². The molecule has 0 aliphatic rings. The van der Waals surface area contributed by atoms with Crippen molar-refractivity contribution in [1.82, 2.24) is 0 Å². The summed E-state index contributed by atoms with van der Waals surface area (Å²) in [6, 6.07) is 0. The number of alkyl halides is 2. The molecule has 74 valence electrons. The maximum Gasteiger partial charge on any atom is 0.251 e. The van der Waals surface area contributed by atoms with Crippen LogP contribution in [0.4, 0.5) is 8.78 Å². The Hall–Kier alpha value is 0.560. The highest BCUT2D eigenvalue weighted by molar-refractivity contribution is 8.77. The van der Waals surface area contributed by atoms with Gasteiger partial charge in [0.15, 0.2) is 0 Å². The van der Waals surface area contributed by atoms with E-state index < -0.39 is 11.7 Å². The molecule has 0 saturated heterocycles. The number of hydrogen-bond donors (Lipinski definition) is 0. The van der Waals surface area contributed by atoms with E-state index in [1.54, 1.807) is 0 Å². The molecular formula is C8H16F2S2. The van der Waals surface area contributed by atoms with Crippen LogP contribution in [-0.2, 0) is 0 Å². The molecule has 1 atom stereocenters. The van der Waals surface area contributed by atoms with Gasteiger partial charge in [0.2, 0.25) is 0 Å². The van der Waals surface area contributed by atoms with Crippen LogP contribution in [0.3, 0.4) is 0 Å². The van der Waals surface area contributed by atoms with Crippen molar-refractivity contribution in [3.63, 3.8) is 0 Å². The fourth-order valence-corrected chi connectivity index (χ4v) is 3.25. The van der Waals surface area contributed by atoms with E-state index in [9.17, 15) is 8.78 Å². The molecule has 0 spiro atoms. The molecule has 0 amide bonds. The number of rotatable bonds is 5. The highest BCUT2D eigenvalue weighted by atomic mass is 33.1. The minimum absolute atomic E-state index is 0.0428. The van der Waals surface area contributed by atoms with Crippen LogP contribution < -0.4 is 0 Å². The molecule has 0 fully saturated rings. The molecule has 0 saturated carbocycles. The lowest BCUT2D eigenvalue weighted by atomic mass is 10.1. The predicted molar refractivity (Wildman–Crippen MR) is 54.9 cm³/mol. The quantitative estimate of drug-likeness (QED) is 0.633. The van der Waals surface area contributed by atoms with Crippen molar-refractivity contribution in [2.75, 3.05) is 0 Å². The molecule has 0 unspecified atom stereocenters. The van der Waals surface area contributed by atoms with Gasteiger partial charge < -0.3 is 0 Å². The molecule has 0 aromatic carbocycles. The third kappa shape index (κ3) is 5.25. The van der Waals surface area contributed by atoms with Crippen molar-refractivity contribution >= 4 is 21.6 Å². The van der Waals surface area contributed by atoms with Gasteiger partial charge in [-0.1, -0.05) is 49.3 Å². The van der Waals surface area contributed by atoms with Crippen LogP contribution in [0, 0.1) is 5.92 Å². The summed E-state index contributed by atoms with van der Waals surface area (Å²) >= 11 is 0. The van der Waals surface area contributed by atoms with E-state index in [0.29, 0.717) is 5.25 Å². The van der Waals surface area contributed by atoms with E-state index in [1.165, 1.54) is 21.6 Å². The normalized spacial score (nSPS) is 14.8. The van der Waals surface area contributed by atoms with Gasteiger partial charge in [-0.05, 0) is 5.92 Å². The van der Waals surface area contributed by atoms with Crippen molar-refractivity contribution in [1.29, 1.82) is 0 Å². The minimum atomic E-state index is -2.21. The smallest absolute Gasteiger partial charge is 0.209 e. The zero-order chi connectivity index (χ0) is 9.72. The van der Waals surface area contributed by atoms with Crippen molar-refractivity contribution in [2.24, 2.45) is 5.92 Å². The summed E-state index contributed by atoms with van der Waals surface area (Å²) in [6.07, 6.45) is -2.21. The Morgan fingerprint density at radius 3 is 1.67 bits per heavy atom. The summed E-state index contributed by atoms with van der Waals surface area (Å²) in [5.41, 5.74) is 0. The highest BCUT2D eigenvalue weighted by Gasteiger charge is 2.24. The topological polar surface area (TPSA) is 0 Å². The molecule has 0 nitrogen and oxygen atoms in total. The molecule has 0 aromatic heterocycles. The molecule has 0 aliphatic carbocycles. The van der Waals surface area contributed by atoms with Crippen molar-refractivity contribution in [3.8, 4) is 0 Å². The monoisotopic (exact) mass is 214 g/mol. The largest absolute Gasteiger partial charge is 0.251 e. The van der Waals surface area contributed by atoms with Crippen LogP contribution in [0.5, 0.6) is 0 Å². The summed E-state index contributed by atoms with van der Waals surface area (Å²) in [4.78, 5) is 0. The molecule has 0 bridgehead atoms. The first-order valence-electron chi connectivity index (χ1n) is 4.05. The number of hydrogen-bond acceptors (Lipinski definition) is 2. The average Bonchev–Trinajstić information content (AvgIpc) is 1.84. The predicted octanol–water partition coefficient (Wildman–Crippen LogP) is 4.07. The van der Waals surface area contributed by atoms with Crippen LogP contribution in [-0.4, -0.2) is 16.9 Å². The fourth-order valence-electron chi connectivity index (χ4n) is 0.619. The fraction of sp³-hybridized carbons (Fsp3) is 1.00. The SMILES string of the molecule is CC(C)SS[C@@H](C(C)C)C(F)F. The van der Waals surface area contributed by atoms with Crippen LogP contribution in [0.1, 0.15) is 27.7 Å². The van der Waals surface area contributed by atoms with Gasteiger partial charge in [0, 0.05) is 5.25 Å². The molecule has 0 radical (unpaired) electrons. The molecule has 12 heavy (non-hydrogen) atoms. The Kier molecular flexibility index (Phi) is 6.36. The van der Waals surface area contributed by atoms with E-state index in [-0.39, 0.29) is 5.92 Å². The highest BCUT2D eigenvalue weighted by Crippen LogP contribution is 2.37. The summed E-state index contributed by atoms with van der Waals surface area (Å²) in [5, 5.41) is -0.118. The molecule has 0 aliphatic heterocycles. The maximum absolute atomic E-state index is 12.4. The Morgan fingerprint density at radius 2 is 1.42 bits per heavy atom. The average molecular weight is 214 g/mol. The third-order valence-corrected chi connectivity index (χ3v) is 4.89. The van der Waals surface area contributed by atoms with Crippen molar-refractivity contribution in [3.05, 3.63) is 0 Å². The lowest BCUT2D eigenvalue weighted by Gasteiger charge is -2.19. The van der Waals surface area contributed by atoms with E-state index >= 15 is 0 Å². The Morgan fingerprint density at radius 1 is 0.917 bits per heavy atom. The van der Waals surface area contributed by atoms with Gasteiger partial charge in [-0.3, -0.25) is 0 Å². The van der Waals surface area contributed by atoms with E-state index in [1.807, 2.05) is 27.7 Å². The van der Waals surface area contributed by atoms with Gasteiger partial charge in [-0.25, -0.2) is 8.78 Å². The second-order valence-corrected chi connectivity index (χ2v) is 6.31. The van der Waals surface area contributed by atoms with E-state index in [0.717, 1.165) is 0 Å². The Labute approximate surface area is 81.3 Å². The second-order valence-electron chi connectivity index (χ2n) is 3.28. The second kappa shape index (κ2) is 6.08. The molecule has 0 N–H and O–H groups in total. The van der Waals surface area contributed by atoms with Crippen LogP contribution in [0.2, 0.25) is 0 Å². The van der Waals surface area contributed by atoms with E-state index in [4.69, 9.17) is 0 Å². The maximum atomic E-state index is 12.4. The molecule has 0 heterocycles. The Bertz CT molecular complexity index is 108. The summed E-state index contributed by atoms with van der Waals surface area (Å²) in [7, 11) is 2.85. The lowest BCUT2D eigenvalue weighted by Crippen LogP contribution is -2.19. The molecule has 0 rings (SSSR count). The van der Waals surface area contributed by atoms with Crippen LogP contribution in [0.25, 0.3) is 0 Å². The first-order valence-corrected chi connectivity index (χ1v) is 6.33. The molecule has 0 aromatic rings. The zero-order valence-corrected chi connectivity index (χ0v) is 9.51. The zero-order valence-electron chi connectivity index (χ0n) is 7.88. The summed E-state index contributed by atoms with van der Waals surface area (Å²) < 4.78 is 24.7. The van der Waals surface area contributed by atoms with Gasteiger partial charge in [-0.15, -0.1) is 0 Å². The van der Waals surface area contributed by atoms with Crippen molar-refractivity contribution < 1.29 is 8.78 Å². The molecule has 4 heteroatoms. The van der Waals surface area contributed by atoms with Gasteiger partial charge in [-0.2, -0.15) is 0 Å². The number of halogens is 2. The first kappa shape index (κ1) is 12.6. The van der Waals surface area contributed by atoms with Crippen molar-refractivity contribution in [2.45, 2.75) is 44.6 Å². The third-order valence-electron chi connectivity index (χ3n) is 1.26. The van der Waals surface area contributed by atoms with Gasteiger partial charge in [0.25, 0.3) is 6.43 Å². The van der Waals surface area contributed by atoms with Gasteiger partial charge in [0.05, 0.1) is 5.25 Å². The van der Waals surface area contributed by atoms with Gasteiger partial charge >= 0.3 is 0 Å². The van der Waals surface area contributed by atoms with Gasteiger partial charge in [0.1, 0.15) is 0 Å². The van der Waals surface area contributed by atoms with Crippen LogP contribution >= 0.6 is 21.6 Å². The molecular weight excluding hydrogens is 198 g/mol. The summed E-state index contributed by atoms with van der Waals surface area (Å²) in [6.45, 7) is 7.70.